The van der Waals surface area contributed by atoms with Crippen molar-refractivity contribution in [3.05, 3.63) is 0 Å². The van der Waals surface area contributed by atoms with Gasteiger partial charge in [0, 0.05) is 12.8 Å². The topological polar surface area (TPSA) is 111 Å². The van der Waals surface area contributed by atoms with Gasteiger partial charge in [-0.15, -0.1) is 0 Å². The minimum Gasteiger partial charge on any atom is -0.545 e. The summed E-state index contributed by atoms with van der Waals surface area (Å²) in [6.45, 7) is 4.70. The van der Waals surface area contributed by atoms with Crippen LogP contribution in [0.25, 0.3) is 0 Å². The molecule has 0 bridgehead atoms. The largest absolute Gasteiger partial charge is 0.545 e. The number of hydrogen-bond donors (Lipinski definition) is 0. The zero-order chi connectivity index (χ0) is 41.4. The summed E-state index contributed by atoms with van der Waals surface area (Å²) in [4.78, 5) is 36.7. The van der Waals surface area contributed by atoms with Crippen LogP contribution in [0.2, 0.25) is 0 Å². The van der Waals surface area contributed by atoms with E-state index in [9.17, 15) is 19.5 Å². The highest BCUT2D eigenvalue weighted by Crippen LogP contribution is 2.17. The third kappa shape index (κ3) is 40.5. The number of carbonyl (C=O) groups is 3. The Balaban J connectivity index is 4.07. The predicted molar refractivity (Wildman–Crippen MR) is 228 cm³/mol. The average molecular weight is 798 g/mol. The number of esters is 2. The summed E-state index contributed by atoms with van der Waals surface area (Å²) in [5.74, 6) is -2.28. The first kappa shape index (κ1) is 54.3. The minimum atomic E-state index is -1.61. The van der Waals surface area contributed by atoms with Crippen LogP contribution >= 0.6 is 0 Å². The van der Waals surface area contributed by atoms with Gasteiger partial charge in [-0.1, -0.05) is 200 Å². The Hall–Kier alpha value is -1.71. The summed E-state index contributed by atoms with van der Waals surface area (Å²) in [5, 5.41) is 11.6. The van der Waals surface area contributed by atoms with Crippen LogP contribution in [0.1, 0.15) is 226 Å². The molecule has 0 amide bonds. The number of rotatable bonds is 44. The van der Waals surface area contributed by atoms with Gasteiger partial charge in [0.15, 0.2) is 12.4 Å². The fraction of sp³-hybridized carbons (Fsp3) is 0.936. The number of quaternary nitrogens is 1. The second-order valence-electron chi connectivity index (χ2n) is 17.4. The van der Waals surface area contributed by atoms with Gasteiger partial charge in [-0.25, -0.2) is 0 Å². The molecule has 0 aromatic heterocycles. The number of hydrogen-bond acceptors (Lipinski definition) is 8. The molecule has 0 aromatic rings. The van der Waals surface area contributed by atoms with E-state index in [1.807, 2.05) is 21.1 Å². The van der Waals surface area contributed by atoms with Gasteiger partial charge in [0.2, 0.25) is 0 Å². The molecule has 0 radical (unpaired) electrons. The molecule has 0 fully saturated rings. The summed E-state index contributed by atoms with van der Waals surface area (Å²) in [7, 11) is 5.91. The van der Waals surface area contributed by atoms with E-state index in [4.69, 9.17) is 18.9 Å². The van der Waals surface area contributed by atoms with Crippen molar-refractivity contribution < 1.29 is 42.9 Å². The molecule has 2 atom stereocenters. The van der Waals surface area contributed by atoms with E-state index < -0.39 is 24.3 Å². The summed E-state index contributed by atoms with van der Waals surface area (Å²) in [5.41, 5.74) is 0. The average Bonchev–Trinajstić information content (AvgIpc) is 3.15. The van der Waals surface area contributed by atoms with E-state index in [0.29, 0.717) is 17.4 Å². The van der Waals surface area contributed by atoms with Gasteiger partial charge in [0.05, 0.1) is 40.3 Å². The Labute approximate surface area is 345 Å². The second kappa shape index (κ2) is 40.1. The Morgan fingerprint density at radius 3 is 1.14 bits per heavy atom. The zero-order valence-electron chi connectivity index (χ0n) is 37.5. The number of ether oxygens (including phenoxy) is 4. The molecule has 0 aliphatic carbocycles. The number of nitrogens with zero attached hydrogens (tertiary/aromatic N) is 1. The third-order valence-electron chi connectivity index (χ3n) is 10.6. The lowest BCUT2D eigenvalue weighted by atomic mass is 10.0. The van der Waals surface area contributed by atoms with Gasteiger partial charge in [0.1, 0.15) is 13.2 Å². The van der Waals surface area contributed by atoms with E-state index in [-0.39, 0.29) is 32.2 Å². The molecule has 0 rings (SSSR count). The molecule has 0 aliphatic heterocycles. The predicted octanol–water partition coefficient (Wildman–Crippen LogP) is 11.2. The van der Waals surface area contributed by atoms with Gasteiger partial charge in [0.25, 0.3) is 0 Å². The van der Waals surface area contributed by atoms with Crippen LogP contribution in [0, 0.1) is 0 Å². The van der Waals surface area contributed by atoms with Crippen LogP contribution in [-0.2, 0) is 33.3 Å². The number of carboxylic acids is 1. The maximum Gasteiger partial charge on any atom is 0.306 e. The molecular weight excluding hydrogens is 707 g/mol. The smallest absolute Gasteiger partial charge is 0.306 e. The quantitative estimate of drug-likeness (QED) is 0.0259. The van der Waals surface area contributed by atoms with E-state index >= 15 is 0 Å². The highest BCUT2D eigenvalue weighted by molar-refractivity contribution is 5.70. The highest BCUT2D eigenvalue weighted by atomic mass is 16.7. The van der Waals surface area contributed by atoms with Crippen LogP contribution in [0.3, 0.4) is 0 Å². The maximum absolute atomic E-state index is 12.7. The van der Waals surface area contributed by atoms with E-state index in [2.05, 4.69) is 13.8 Å². The first-order valence-corrected chi connectivity index (χ1v) is 23.7. The summed E-state index contributed by atoms with van der Waals surface area (Å²) < 4.78 is 22.4. The molecule has 0 saturated heterocycles. The molecule has 0 heterocycles. The molecule has 0 aliphatic rings. The normalized spacial score (nSPS) is 12.8. The van der Waals surface area contributed by atoms with Crippen molar-refractivity contribution in [1.82, 2.24) is 0 Å². The molecule has 0 spiro atoms. The van der Waals surface area contributed by atoms with Crippen LogP contribution in [-0.4, -0.2) is 82.3 Å². The van der Waals surface area contributed by atoms with Crippen molar-refractivity contribution >= 4 is 17.9 Å². The standard InChI is InChI=1S/C47H91NO8/c1-6-8-10-12-14-15-16-17-18-19-20-21-22-23-24-25-26-27-28-29-30-31-32-34-36-38-45(50)56-43(41-54-44(49)37-35-33-13-11-9-7-2)42-55-47(46(51)52)53-40-39-48(3,4)5/h43,47H,6-42H2,1-5H3. The van der Waals surface area contributed by atoms with Gasteiger partial charge in [-0.05, 0) is 12.8 Å². The first-order chi connectivity index (χ1) is 27.1. The van der Waals surface area contributed by atoms with Crippen LogP contribution in [0.5, 0.6) is 0 Å². The Bertz CT molecular complexity index is 892. The van der Waals surface area contributed by atoms with E-state index in [1.165, 1.54) is 154 Å². The Morgan fingerprint density at radius 1 is 0.464 bits per heavy atom. The van der Waals surface area contributed by atoms with Crippen LogP contribution in [0.15, 0.2) is 0 Å². The molecule has 9 heteroatoms. The fourth-order valence-electron chi connectivity index (χ4n) is 6.89. The molecule has 56 heavy (non-hydrogen) atoms. The van der Waals surface area contributed by atoms with Crippen molar-refractivity contribution in [3.63, 3.8) is 0 Å². The molecule has 9 nitrogen and oxygen atoms in total. The molecule has 2 unspecified atom stereocenters. The maximum atomic E-state index is 12.7. The van der Waals surface area contributed by atoms with Gasteiger partial charge in [-0.2, -0.15) is 0 Å². The molecule has 0 N–H and O–H groups in total. The van der Waals surface area contributed by atoms with Gasteiger partial charge >= 0.3 is 11.9 Å². The lowest BCUT2D eigenvalue weighted by molar-refractivity contribution is -0.870. The number of carbonyl (C=O) groups excluding carboxylic acids is 3. The van der Waals surface area contributed by atoms with Gasteiger partial charge in [-0.3, -0.25) is 9.59 Å². The van der Waals surface area contributed by atoms with Gasteiger partial charge < -0.3 is 33.3 Å². The van der Waals surface area contributed by atoms with Crippen LogP contribution in [0.4, 0.5) is 0 Å². The SMILES string of the molecule is CCCCCCCCCCCCCCCCCCCCCCCCCCCC(=O)OC(COC(=O)CCCCCCCC)COC(OCC[N+](C)(C)C)C(=O)[O-]. The number of carboxylic acid groups (broad SMARTS) is 1. The van der Waals surface area contributed by atoms with Crippen LogP contribution < -0.4 is 5.11 Å². The number of unbranched alkanes of at least 4 members (excludes halogenated alkanes) is 29. The molecule has 0 aromatic carbocycles. The van der Waals surface area contributed by atoms with Crippen molar-refractivity contribution in [2.75, 3.05) is 47.5 Å². The third-order valence-corrected chi connectivity index (χ3v) is 10.6. The minimum absolute atomic E-state index is 0.152. The summed E-state index contributed by atoms with van der Waals surface area (Å²) in [6, 6.07) is 0. The van der Waals surface area contributed by atoms with Crippen molar-refractivity contribution in [1.29, 1.82) is 0 Å². The lowest BCUT2D eigenvalue weighted by Gasteiger charge is -2.26. The Morgan fingerprint density at radius 2 is 0.804 bits per heavy atom. The highest BCUT2D eigenvalue weighted by Gasteiger charge is 2.21. The monoisotopic (exact) mass is 798 g/mol. The lowest BCUT2D eigenvalue weighted by Crippen LogP contribution is -2.44. The van der Waals surface area contributed by atoms with E-state index in [1.54, 1.807) is 0 Å². The fourth-order valence-corrected chi connectivity index (χ4v) is 6.89. The second-order valence-corrected chi connectivity index (χ2v) is 17.4. The van der Waals surface area contributed by atoms with Crippen molar-refractivity contribution in [2.24, 2.45) is 0 Å². The number of aliphatic carboxylic acids is 1. The zero-order valence-corrected chi connectivity index (χ0v) is 37.5. The van der Waals surface area contributed by atoms with E-state index in [0.717, 1.165) is 44.9 Å². The summed E-state index contributed by atoms with van der Waals surface area (Å²) in [6.07, 6.45) is 37.5. The summed E-state index contributed by atoms with van der Waals surface area (Å²) >= 11 is 0. The van der Waals surface area contributed by atoms with Crippen molar-refractivity contribution in [2.45, 2.75) is 238 Å². The Kier molecular flexibility index (Phi) is 38.9. The molecule has 332 valence electrons. The number of likely N-dealkylation sites (N-methyl/N-ethyl adjacent to an activating group) is 1. The van der Waals surface area contributed by atoms with Crippen molar-refractivity contribution in [3.8, 4) is 0 Å². The first-order valence-electron chi connectivity index (χ1n) is 23.7. The molecule has 0 saturated carbocycles. The molecular formula is C47H91NO8.